The zero-order chi connectivity index (χ0) is 14.9. The molecule has 1 aromatic heterocycles. The highest BCUT2D eigenvalue weighted by Crippen LogP contribution is 2.13. The van der Waals surface area contributed by atoms with Crippen molar-refractivity contribution in [3.05, 3.63) is 45.9 Å². The number of thiazole rings is 1. The van der Waals surface area contributed by atoms with Crippen LogP contribution in [0.25, 0.3) is 0 Å². The van der Waals surface area contributed by atoms with Crippen molar-refractivity contribution in [2.45, 2.75) is 19.8 Å². The van der Waals surface area contributed by atoms with Crippen LogP contribution in [0, 0.1) is 18.3 Å². The summed E-state index contributed by atoms with van der Waals surface area (Å²) in [6, 6.07) is 9.21. The van der Waals surface area contributed by atoms with E-state index in [1.165, 1.54) is 4.88 Å². The second-order valence-corrected chi connectivity index (χ2v) is 5.50. The number of rotatable bonds is 8. The molecule has 4 nitrogen and oxygen atoms in total. The van der Waals surface area contributed by atoms with Gasteiger partial charge in [0.15, 0.2) is 0 Å². The molecule has 2 aromatic rings. The molecule has 1 aromatic carbocycles. The van der Waals surface area contributed by atoms with Crippen molar-refractivity contribution in [1.29, 1.82) is 5.26 Å². The van der Waals surface area contributed by atoms with E-state index in [2.05, 4.69) is 11.1 Å². The Morgan fingerprint density at radius 2 is 2.00 bits per heavy atom. The molecule has 0 N–H and O–H groups in total. The van der Waals surface area contributed by atoms with E-state index in [0.717, 1.165) is 30.9 Å². The molecule has 0 atom stereocenters. The minimum atomic E-state index is 0.617. The molecule has 5 heteroatoms. The molecule has 0 amide bonds. The van der Waals surface area contributed by atoms with Gasteiger partial charge in [-0.3, -0.25) is 0 Å². The minimum Gasteiger partial charge on any atom is -0.494 e. The second kappa shape index (κ2) is 8.40. The average Bonchev–Trinajstić information content (AvgIpc) is 2.92. The first kappa shape index (κ1) is 15.5. The smallest absolute Gasteiger partial charge is 0.119 e. The fourth-order valence-electron chi connectivity index (χ4n) is 1.81. The summed E-state index contributed by atoms with van der Waals surface area (Å²) >= 11 is 1.68. The molecule has 0 unspecified atom stereocenters. The van der Waals surface area contributed by atoms with Gasteiger partial charge >= 0.3 is 0 Å². The molecule has 0 radical (unpaired) electrons. The molecule has 0 bridgehead atoms. The maximum Gasteiger partial charge on any atom is 0.119 e. The highest BCUT2D eigenvalue weighted by Gasteiger charge is 2.01. The fourth-order valence-corrected chi connectivity index (χ4v) is 2.57. The third-order valence-electron chi connectivity index (χ3n) is 3.00. The average molecular weight is 302 g/mol. The van der Waals surface area contributed by atoms with E-state index in [-0.39, 0.29) is 0 Å². The zero-order valence-electron chi connectivity index (χ0n) is 12.0. The van der Waals surface area contributed by atoms with Crippen LogP contribution >= 0.6 is 11.3 Å². The Hall–Kier alpha value is -1.90. The first-order chi connectivity index (χ1) is 10.3. The van der Waals surface area contributed by atoms with E-state index in [1.54, 1.807) is 23.5 Å². The summed E-state index contributed by atoms with van der Waals surface area (Å²) < 4.78 is 11.2. The third kappa shape index (κ3) is 5.18. The largest absolute Gasteiger partial charge is 0.494 e. The van der Waals surface area contributed by atoms with Crippen molar-refractivity contribution in [2.24, 2.45) is 0 Å². The Bertz CT molecular complexity index is 587. The van der Waals surface area contributed by atoms with E-state index in [1.807, 2.05) is 24.6 Å². The number of hydrogen-bond donors (Lipinski definition) is 0. The van der Waals surface area contributed by atoms with Gasteiger partial charge in [-0.15, -0.1) is 11.3 Å². The highest BCUT2D eigenvalue weighted by molar-refractivity contribution is 7.09. The van der Waals surface area contributed by atoms with Crippen LogP contribution in [0.15, 0.2) is 29.8 Å². The van der Waals surface area contributed by atoms with Crippen molar-refractivity contribution < 1.29 is 9.47 Å². The van der Waals surface area contributed by atoms with Crippen molar-refractivity contribution in [1.82, 2.24) is 4.98 Å². The summed E-state index contributed by atoms with van der Waals surface area (Å²) in [7, 11) is 0. The Morgan fingerprint density at radius 1 is 1.19 bits per heavy atom. The SMILES string of the molecule is Cc1ncsc1CCOCCCOc1ccc(C#N)cc1. The number of nitrogens with zero attached hydrogens (tertiary/aromatic N) is 2. The molecule has 110 valence electrons. The summed E-state index contributed by atoms with van der Waals surface area (Å²) in [6.07, 6.45) is 1.77. The monoisotopic (exact) mass is 302 g/mol. The van der Waals surface area contributed by atoms with E-state index >= 15 is 0 Å². The molecule has 0 spiro atoms. The molecule has 21 heavy (non-hydrogen) atoms. The maximum atomic E-state index is 8.70. The van der Waals surface area contributed by atoms with E-state index in [9.17, 15) is 0 Å². The molecule has 1 heterocycles. The summed E-state index contributed by atoms with van der Waals surface area (Å²) in [6.45, 7) is 4.05. The lowest BCUT2D eigenvalue weighted by molar-refractivity contribution is 0.122. The van der Waals surface area contributed by atoms with Crippen molar-refractivity contribution in [3.8, 4) is 11.8 Å². The number of hydrogen-bond acceptors (Lipinski definition) is 5. The number of nitriles is 1. The van der Waals surface area contributed by atoms with Crippen LogP contribution in [0.3, 0.4) is 0 Å². The standard InChI is InChI=1S/C16H18N2O2S/c1-13-16(21-12-18-13)7-10-19-8-2-9-20-15-5-3-14(11-17)4-6-15/h3-6,12H,2,7-10H2,1H3. The normalized spacial score (nSPS) is 10.3. The van der Waals surface area contributed by atoms with Gasteiger partial charge in [-0.2, -0.15) is 5.26 Å². The zero-order valence-corrected chi connectivity index (χ0v) is 12.9. The van der Waals surface area contributed by atoms with Crippen LogP contribution in [0.5, 0.6) is 5.75 Å². The molecule has 0 aliphatic carbocycles. The Morgan fingerprint density at radius 3 is 2.67 bits per heavy atom. The lowest BCUT2D eigenvalue weighted by Gasteiger charge is -2.07. The van der Waals surface area contributed by atoms with Gasteiger partial charge in [-0.1, -0.05) is 0 Å². The number of ether oxygens (including phenoxy) is 2. The molecule has 0 saturated heterocycles. The van der Waals surface area contributed by atoms with Gasteiger partial charge < -0.3 is 9.47 Å². The Balaban J connectivity index is 1.54. The van der Waals surface area contributed by atoms with Crippen LogP contribution < -0.4 is 4.74 Å². The van der Waals surface area contributed by atoms with Gasteiger partial charge in [0.25, 0.3) is 0 Å². The van der Waals surface area contributed by atoms with Crippen LogP contribution in [0.1, 0.15) is 22.6 Å². The second-order valence-electron chi connectivity index (χ2n) is 4.56. The summed E-state index contributed by atoms with van der Waals surface area (Å²) in [5.74, 6) is 0.786. The Labute approximate surface area is 129 Å². The lowest BCUT2D eigenvalue weighted by Crippen LogP contribution is -2.05. The van der Waals surface area contributed by atoms with E-state index in [0.29, 0.717) is 18.8 Å². The number of aryl methyl sites for hydroxylation is 1. The number of aromatic nitrogens is 1. The lowest BCUT2D eigenvalue weighted by atomic mass is 10.2. The third-order valence-corrected chi connectivity index (χ3v) is 4.00. The van der Waals surface area contributed by atoms with Gasteiger partial charge in [0.05, 0.1) is 36.1 Å². The predicted octanol–water partition coefficient (Wildman–Crippen LogP) is 3.35. The van der Waals surface area contributed by atoms with Gasteiger partial charge in [0, 0.05) is 24.3 Å². The van der Waals surface area contributed by atoms with Crippen molar-refractivity contribution in [2.75, 3.05) is 19.8 Å². The predicted molar refractivity (Wildman–Crippen MR) is 82.6 cm³/mol. The van der Waals surface area contributed by atoms with Gasteiger partial charge in [0.2, 0.25) is 0 Å². The molecular formula is C16H18N2O2S. The van der Waals surface area contributed by atoms with Crippen molar-refractivity contribution >= 4 is 11.3 Å². The highest BCUT2D eigenvalue weighted by atomic mass is 32.1. The van der Waals surface area contributed by atoms with Crippen LogP contribution in [0.4, 0.5) is 0 Å². The minimum absolute atomic E-state index is 0.617. The molecule has 0 aliphatic heterocycles. The molecular weight excluding hydrogens is 284 g/mol. The quantitative estimate of drug-likeness (QED) is 0.702. The summed E-state index contributed by atoms with van der Waals surface area (Å²) in [5, 5.41) is 8.70. The number of benzene rings is 1. The van der Waals surface area contributed by atoms with Gasteiger partial charge in [0.1, 0.15) is 5.75 Å². The first-order valence-corrected chi connectivity index (χ1v) is 7.77. The van der Waals surface area contributed by atoms with Gasteiger partial charge in [-0.05, 0) is 31.2 Å². The molecule has 2 rings (SSSR count). The maximum absolute atomic E-state index is 8.70. The van der Waals surface area contributed by atoms with Gasteiger partial charge in [-0.25, -0.2) is 4.98 Å². The topological polar surface area (TPSA) is 55.1 Å². The van der Waals surface area contributed by atoms with E-state index < -0.39 is 0 Å². The molecule has 0 fully saturated rings. The first-order valence-electron chi connectivity index (χ1n) is 6.89. The van der Waals surface area contributed by atoms with Crippen LogP contribution in [0.2, 0.25) is 0 Å². The fraction of sp³-hybridized carbons (Fsp3) is 0.375. The van der Waals surface area contributed by atoms with Crippen molar-refractivity contribution in [3.63, 3.8) is 0 Å². The Kier molecular flexibility index (Phi) is 6.20. The van der Waals surface area contributed by atoms with Crippen LogP contribution in [-0.4, -0.2) is 24.8 Å². The molecule has 0 aliphatic rings. The van der Waals surface area contributed by atoms with E-state index in [4.69, 9.17) is 14.7 Å². The summed E-state index contributed by atoms with van der Waals surface area (Å²) in [5.41, 5.74) is 3.62. The molecule has 0 saturated carbocycles. The summed E-state index contributed by atoms with van der Waals surface area (Å²) in [4.78, 5) is 5.51. The van der Waals surface area contributed by atoms with Crippen LogP contribution in [-0.2, 0) is 11.2 Å².